The number of aliphatic hydroxyl groups is 1. The zero-order chi connectivity index (χ0) is 19.3. The van der Waals surface area contributed by atoms with Gasteiger partial charge in [0.2, 0.25) is 0 Å². The fourth-order valence-electron chi connectivity index (χ4n) is 3.83. The number of anilines is 1. The molecule has 0 radical (unpaired) electrons. The predicted octanol–water partition coefficient (Wildman–Crippen LogP) is -0.0699. The first-order chi connectivity index (χ1) is 12.8. The quantitative estimate of drug-likeness (QED) is 0.550. The van der Waals surface area contributed by atoms with Crippen LogP contribution in [-0.2, 0) is 27.8 Å². The molecule has 148 valence electrons. The van der Waals surface area contributed by atoms with E-state index in [1.54, 1.807) is 4.72 Å². The third-order valence-electron chi connectivity index (χ3n) is 5.48. The molecule has 0 bridgehead atoms. The first kappa shape index (κ1) is 18.5. The second-order valence-corrected chi connectivity index (χ2v) is 9.08. The van der Waals surface area contributed by atoms with Gasteiger partial charge in [0.1, 0.15) is 18.0 Å². The van der Waals surface area contributed by atoms with E-state index in [9.17, 15) is 23.4 Å². The monoisotopic (exact) mass is 399 g/mol. The Morgan fingerprint density at radius 2 is 2.11 bits per heavy atom. The summed E-state index contributed by atoms with van der Waals surface area (Å²) in [4.78, 5) is 11.4. The molecule has 2 atom stereocenters. The van der Waals surface area contributed by atoms with Gasteiger partial charge in [0.15, 0.2) is 5.82 Å². The van der Waals surface area contributed by atoms with Crippen molar-refractivity contribution in [1.82, 2.24) is 10.0 Å². The van der Waals surface area contributed by atoms with Gasteiger partial charge in [-0.15, -0.1) is 0 Å². The number of hydrogen-bond donors (Lipinski definition) is 4. The Bertz CT molecular complexity index is 887. The highest BCUT2D eigenvalue weighted by Gasteiger charge is 2.39. The molecule has 0 aromatic heterocycles. The first-order valence-corrected chi connectivity index (χ1v) is 10.5. The topological polar surface area (TPSA) is 119 Å². The highest BCUT2D eigenvalue weighted by Crippen LogP contribution is 2.39. The van der Waals surface area contributed by atoms with E-state index in [0.717, 1.165) is 19.3 Å². The largest absolute Gasteiger partial charge is 0.506 e. The average molecular weight is 399 g/mol. The molecule has 1 aromatic rings. The highest BCUT2D eigenvalue weighted by molar-refractivity contribution is 7.92. The summed E-state index contributed by atoms with van der Waals surface area (Å²) in [6, 6.07) is 1.33. The van der Waals surface area contributed by atoms with Gasteiger partial charge in [0.05, 0.1) is 6.10 Å². The van der Waals surface area contributed by atoms with Gasteiger partial charge in [-0.3, -0.25) is 4.79 Å². The fourth-order valence-corrected chi connectivity index (χ4v) is 4.99. The molecule has 1 saturated carbocycles. The number of amides is 1. The summed E-state index contributed by atoms with van der Waals surface area (Å²) in [5, 5.41) is 23.5. The zero-order valence-corrected chi connectivity index (χ0v) is 15.4. The van der Waals surface area contributed by atoms with E-state index >= 15 is 4.39 Å². The molecular weight excluding hydrogens is 377 g/mol. The Labute approximate surface area is 156 Å². The van der Waals surface area contributed by atoms with Gasteiger partial charge < -0.3 is 15.5 Å². The van der Waals surface area contributed by atoms with Crippen LogP contribution in [0.25, 0.3) is 0 Å². The second kappa shape index (κ2) is 6.61. The molecule has 8 nitrogen and oxygen atoms in total. The van der Waals surface area contributed by atoms with E-state index in [4.69, 9.17) is 0 Å². The van der Waals surface area contributed by atoms with E-state index in [0.29, 0.717) is 40.7 Å². The van der Waals surface area contributed by atoms with Crippen LogP contribution in [0.1, 0.15) is 30.4 Å². The molecule has 27 heavy (non-hydrogen) atoms. The maximum absolute atomic E-state index is 15.2. The van der Waals surface area contributed by atoms with Gasteiger partial charge in [0.25, 0.3) is 5.91 Å². The van der Waals surface area contributed by atoms with E-state index in [1.807, 2.05) is 0 Å². The lowest BCUT2D eigenvalue weighted by Crippen LogP contribution is -2.40. The minimum absolute atomic E-state index is 0.0484. The molecule has 2 aliphatic carbocycles. The number of aliphatic hydroxyl groups excluding tert-OH is 1. The van der Waals surface area contributed by atoms with Crippen LogP contribution < -0.4 is 14.3 Å². The number of fused-ring (bicyclic) bond motifs is 1. The van der Waals surface area contributed by atoms with Crippen molar-refractivity contribution in [3.63, 3.8) is 0 Å². The van der Waals surface area contributed by atoms with Crippen molar-refractivity contribution in [2.75, 3.05) is 17.4 Å². The Morgan fingerprint density at radius 1 is 1.37 bits per heavy atom. The fraction of sp³-hybridized carbons (Fsp3) is 0.588. The minimum Gasteiger partial charge on any atom is -0.506 e. The number of carbonyl (C=O) groups is 1. The van der Waals surface area contributed by atoms with E-state index in [1.165, 1.54) is 6.07 Å². The molecule has 0 spiro atoms. The number of aryl methyl sites for hydroxylation is 1. The maximum atomic E-state index is 15.2. The van der Waals surface area contributed by atoms with Crippen LogP contribution in [0.2, 0.25) is 0 Å². The zero-order valence-electron chi connectivity index (χ0n) is 14.6. The molecular formula is C17H22FN3O5S. The highest BCUT2D eigenvalue weighted by atomic mass is 32.2. The number of nitrogens with one attached hydrogen (secondary N) is 2. The Morgan fingerprint density at radius 3 is 2.74 bits per heavy atom. The number of benzene rings is 1. The van der Waals surface area contributed by atoms with Crippen LogP contribution in [-0.4, -0.2) is 49.8 Å². The number of aromatic hydroxyl groups is 1. The summed E-state index contributed by atoms with van der Waals surface area (Å²) < 4.78 is 41.6. The number of phenolic OH excluding ortho intramolecular Hbond substituents is 1. The van der Waals surface area contributed by atoms with Gasteiger partial charge >= 0.3 is 10.2 Å². The van der Waals surface area contributed by atoms with E-state index < -0.39 is 46.0 Å². The Balaban J connectivity index is 1.58. The Hall–Kier alpha value is -1.91. The second-order valence-electron chi connectivity index (χ2n) is 7.49. The standard InChI is InChI=1S/C17H22FN3O5S/c18-16-12-6-11(19-7-14(23)9-1-2-9)4-3-10(12)5-13(22)17(16)21-8-15(24)20-27(21,25)26/h5,9,11,14,19,22-23H,1-4,6-8H2,(H,20,24). The van der Waals surface area contributed by atoms with Gasteiger partial charge in [-0.25, -0.2) is 13.4 Å². The van der Waals surface area contributed by atoms with E-state index in [-0.39, 0.29) is 6.04 Å². The average Bonchev–Trinajstić information content (AvgIpc) is 3.40. The number of rotatable bonds is 5. The number of carbonyl (C=O) groups excluding carboxylic acids is 1. The van der Waals surface area contributed by atoms with Crippen LogP contribution in [0.15, 0.2) is 6.07 Å². The van der Waals surface area contributed by atoms with Crippen LogP contribution in [0.4, 0.5) is 10.1 Å². The normalized spacial score (nSPS) is 25.2. The third-order valence-corrected chi connectivity index (χ3v) is 6.86. The molecule has 10 heteroatoms. The van der Waals surface area contributed by atoms with E-state index in [2.05, 4.69) is 5.32 Å². The van der Waals surface area contributed by atoms with Crippen LogP contribution in [0, 0.1) is 11.7 Å². The number of phenols is 1. The lowest BCUT2D eigenvalue weighted by molar-refractivity contribution is -0.117. The molecule has 1 saturated heterocycles. The molecule has 1 aliphatic heterocycles. The molecule has 4 N–H and O–H groups in total. The lowest BCUT2D eigenvalue weighted by Gasteiger charge is -2.29. The summed E-state index contributed by atoms with van der Waals surface area (Å²) in [5.74, 6) is -1.75. The smallest absolute Gasteiger partial charge is 0.326 e. The van der Waals surface area contributed by atoms with Crippen molar-refractivity contribution in [3.05, 3.63) is 23.0 Å². The van der Waals surface area contributed by atoms with Gasteiger partial charge in [-0.2, -0.15) is 8.42 Å². The van der Waals surface area contributed by atoms with Crippen molar-refractivity contribution < 1.29 is 27.8 Å². The number of nitrogens with zero attached hydrogens (tertiary/aromatic N) is 1. The summed E-state index contributed by atoms with van der Waals surface area (Å²) in [5.41, 5.74) is 0.471. The lowest BCUT2D eigenvalue weighted by atomic mass is 9.87. The molecule has 1 heterocycles. The van der Waals surface area contributed by atoms with Crippen molar-refractivity contribution in [2.24, 2.45) is 5.92 Å². The maximum Gasteiger partial charge on any atom is 0.326 e. The molecule has 4 rings (SSSR count). The van der Waals surface area contributed by atoms with Gasteiger partial charge in [0, 0.05) is 12.6 Å². The Kier molecular flexibility index (Phi) is 4.52. The molecule has 1 aromatic carbocycles. The van der Waals surface area contributed by atoms with Crippen LogP contribution in [0.5, 0.6) is 5.75 Å². The number of hydrogen-bond acceptors (Lipinski definition) is 6. The summed E-state index contributed by atoms with van der Waals surface area (Å²) in [6.45, 7) is -0.128. The predicted molar refractivity (Wildman–Crippen MR) is 95.0 cm³/mol. The van der Waals surface area contributed by atoms with Gasteiger partial charge in [-0.05, 0) is 55.2 Å². The SMILES string of the molecule is O=C1CN(c2c(O)cc3c(c2F)CC(NCC(O)C2CC2)CC3)S(=O)(=O)N1. The van der Waals surface area contributed by atoms with Crippen molar-refractivity contribution >= 4 is 21.8 Å². The third kappa shape index (κ3) is 3.48. The van der Waals surface area contributed by atoms with Crippen molar-refractivity contribution in [2.45, 2.75) is 44.2 Å². The minimum atomic E-state index is -4.21. The summed E-state index contributed by atoms with van der Waals surface area (Å²) in [6.07, 6.45) is 3.24. The van der Waals surface area contributed by atoms with Crippen LogP contribution in [0.3, 0.4) is 0 Å². The summed E-state index contributed by atoms with van der Waals surface area (Å²) in [7, 11) is -4.21. The van der Waals surface area contributed by atoms with Gasteiger partial charge in [-0.1, -0.05) is 0 Å². The molecule has 2 unspecified atom stereocenters. The summed E-state index contributed by atoms with van der Waals surface area (Å²) >= 11 is 0. The van der Waals surface area contributed by atoms with Crippen molar-refractivity contribution in [3.8, 4) is 5.75 Å². The van der Waals surface area contributed by atoms with Crippen molar-refractivity contribution in [1.29, 1.82) is 0 Å². The molecule has 2 fully saturated rings. The molecule has 3 aliphatic rings. The number of halogens is 1. The first-order valence-electron chi connectivity index (χ1n) is 9.04. The van der Waals surface area contributed by atoms with Crippen LogP contribution >= 0.6 is 0 Å². The molecule has 1 amide bonds.